The van der Waals surface area contributed by atoms with Crippen molar-refractivity contribution in [2.75, 3.05) is 62.0 Å². The van der Waals surface area contributed by atoms with Crippen LogP contribution in [0.1, 0.15) is 30.9 Å². The summed E-state index contributed by atoms with van der Waals surface area (Å²) in [5, 5.41) is 13.3. The Balaban J connectivity index is 1.51. The van der Waals surface area contributed by atoms with Gasteiger partial charge in [-0.25, -0.2) is 0 Å². The number of unbranched alkanes of at least 4 members (excludes halogenated alkanes) is 1. The minimum absolute atomic E-state index is 0.0691. The standard InChI is InChI=1S/C28H39ClN8O3/c1-2-3-13-32-26-35-27(33-20-22-4-8-23(29)9-5-22)37-28(36-26)34-24-10-6-21(7-11-24)19-25(38)31-14-16-40-18-17-39-15-12-30/h4-11H,2-3,12-20,30H2,1H3,(H,31,38)(H3,32,33,34,35,36,37). The van der Waals surface area contributed by atoms with Gasteiger partial charge in [-0.3, -0.25) is 4.79 Å². The Hall–Kier alpha value is -3.51. The van der Waals surface area contributed by atoms with Gasteiger partial charge in [-0.15, -0.1) is 0 Å². The van der Waals surface area contributed by atoms with Crippen molar-refractivity contribution in [3.8, 4) is 0 Å². The Bertz CT molecular complexity index is 1150. The summed E-state index contributed by atoms with van der Waals surface area (Å²) in [6.07, 6.45) is 2.35. The van der Waals surface area contributed by atoms with E-state index in [1.54, 1.807) is 0 Å². The molecule has 0 atom stereocenters. The first-order valence-electron chi connectivity index (χ1n) is 13.5. The third kappa shape index (κ3) is 12.1. The molecule has 2 aromatic carbocycles. The van der Waals surface area contributed by atoms with Gasteiger partial charge < -0.3 is 36.5 Å². The number of carbonyl (C=O) groups excluding carboxylic acids is 1. The van der Waals surface area contributed by atoms with E-state index in [9.17, 15) is 4.79 Å². The van der Waals surface area contributed by atoms with E-state index in [4.69, 9.17) is 26.8 Å². The summed E-state index contributed by atoms with van der Waals surface area (Å²) in [5.41, 5.74) is 8.10. The van der Waals surface area contributed by atoms with Crippen LogP contribution in [0.2, 0.25) is 5.02 Å². The van der Waals surface area contributed by atoms with Crippen molar-refractivity contribution in [1.82, 2.24) is 20.3 Å². The maximum Gasteiger partial charge on any atom is 0.233 e. The average Bonchev–Trinajstić information content (AvgIpc) is 2.95. The molecule has 0 spiro atoms. The molecule has 0 saturated carbocycles. The average molecular weight is 571 g/mol. The summed E-state index contributed by atoms with van der Waals surface area (Å²) < 4.78 is 10.7. The Morgan fingerprint density at radius 2 is 1.48 bits per heavy atom. The number of nitrogens with two attached hydrogens (primary N) is 1. The number of ether oxygens (including phenoxy) is 2. The highest BCUT2D eigenvalue weighted by atomic mass is 35.5. The molecular weight excluding hydrogens is 532 g/mol. The third-order valence-corrected chi connectivity index (χ3v) is 5.84. The van der Waals surface area contributed by atoms with Crippen molar-refractivity contribution in [1.29, 1.82) is 0 Å². The minimum atomic E-state index is -0.0691. The molecule has 0 aliphatic heterocycles. The Labute approximate surface area is 240 Å². The highest BCUT2D eigenvalue weighted by molar-refractivity contribution is 6.30. The van der Waals surface area contributed by atoms with Gasteiger partial charge in [-0.2, -0.15) is 15.0 Å². The molecule has 11 nitrogen and oxygen atoms in total. The number of hydrogen-bond acceptors (Lipinski definition) is 10. The molecular formula is C28H39ClN8O3. The van der Waals surface area contributed by atoms with Crippen LogP contribution in [0.3, 0.4) is 0 Å². The monoisotopic (exact) mass is 570 g/mol. The van der Waals surface area contributed by atoms with Crippen LogP contribution >= 0.6 is 11.6 Å². The van der Waals surface area contributed by atoms with Crippen molar-refractivity contribution in [3.63, 3.8) is 0 Å². The zero-order valence-corrected chi connectivity index (χ0v) is 23.7. The van der Waals surface area contributed by atoms with Crippen LogP contribution in [-0.4, -0.2) is 66.9 Å². The van der Waals surface area contributed by atoms with E-state index in [-0.39, 0.29) is 12.3 Å². The number of aromatic nitrogens is 3. The smallest absolute Gasteiger partial charge is 0.233 e. The van der Waals surface area contributed by atoms with E-state index < -0.39 is 0 Å². The molecule has 12 heteroatoms. The van der Waals surface area contributed by atoms with Crippen LogP contribution in [0.4, 0.5) is 23.5 Å². The first kappa shape index (κ1) is 31.0. The lowest BCUT2D eigenvalue weighted by Gasteiger charge is -2.12. The van der Waals surface area contributed by atoms with Crippen molar-refractivity contribution in [2.45, 2.75) is 32.7 Å². The van der Waals surface area contributed by atoms with E-state index in [0.29, 0.717) is 68.9 Å². The number of halogens is 1. The number of benzene rings is 2. The van der Waals surface area contributed by atoms with E-state index >= 15 is 0 Å². The molecule has 3 rings (SSSR count). The van der Waals surface area contributed by atoms with Crippen LogP contribution < -0.4 is 27.0 Å². The third-order valence-electron chi connectivity index (χ3n) is 5.59. The van der Waals surface area contributed by atoms with Crippen LogP contribution in [0.15, 0.2) is 48.5 Å². The van der Waals surface area contributed by atoms with Crippen molar-refractivity contribution in [3.05, 3.63) is 64.7 Å². The Morgan fingerprint density at radius 1 is 0.825 bits per heavy atom. The summed E-state index contributed by atoms with van der Waals surface area (Å²) in [6, 6.07) is 15.2. The first-order chi connectivity index (χ1) is 19.6. The zero-order chi connectivity index (χ0) is 28.4. The minimum Gasteiger partial charge on any atom is -0.378 e. The number of anilines is 4. The van der Waals surface area contributed by atoms with Gasteiger partial charge in [0.05, 0.1) is 32.8 Å². The van der Waals surface area contributed by atoms with Gasteiger partial charge in [-0.1, -0.05) is 49.2 Å². The molecule has 0 radical (unpaired) electrons. The fourth-order valence-electron chi connectivity index (χ4n) is 3.50. The number of nitrogens with zero attached hydrogens (tertiary/aromatic N) is 3. The summed E-state index contributed by atoms with van der Waals surface area (Å²) >= 11 is 5.99. The van der Waals surface area contributed by atoms with Crippen molar-refractivity contribution < 1.29 is 14.3 Å². The lowest BCUT2D eigenvalue weighted by atomic mass is 10.1. The number of hydrogen-bond donors (Lipinski definition) is 5. The van der Waals surface area contributed by atoms with E-state index in [2.05, 4.69) is 43.1 Å². The van der Waals surface area contributed by atoms with Gasteiger partial charge in [0.15, 0.2) is 0 Å². The largest absolute Gasteiger partial charge is 0.378 e. The van der Waals surface area contributed by atoms with Gasteiger partial charge in [0.25, 0.3) is 0 Å². The molecule has 6 N–H and O–H groups in total. The highest BCUT2D eigenvalue weighted by Crippen LogP contribution is 2.18. The van der Waals surface area contributed by atoms with Gasteiger partial charge in [-0.05, 0) is 41.8 Å². The van der Waals surface area contributed by atoms with Crippen LogP contribution in [0, 0.1) is 0 Å². The number of carbonyl (C=O) groups is 1. The molecule has 1 aromatic heterocycles. The topological polar surface area (TPSA) is 148 Å². The molecule has 0 unspecified atom stereocenters. The molecule has 1 heterocycles. The molecule has 40 heavy (non-hydrogen) atoms. The van der Waals surface area contributed by atoms with Gasteiger partial charge >= 0.3 is 0 Å². The molecule has 0 saturated heterocycles. The molecule has 0 fully saturated rings. The SMILES string of the molecule is CCCCNc1nc(NCc2ccc(Cl)cc2)nc(Nc2ccc(CC(=O)NCCOCCOCCN)cc2)n1. The summed E-state index contributed by atoms with van der Waals surface area (Å²) in [5.74, 6) is 1.28. The first-order valence-corrected chi connectivity index (χ1v) is 13.9. The van der Waals surface area contributed by atoms with Crippen molar-refractivity contribution >= 4 is 41.0 Å². The second-order valence-corrected chi connectivity index (χ2v) is 9.37. The molecule has 1 amide bonds. The molecule has 0 aliphatic carbocycles. The normalized spacial score (nSPS) is 10.8. The second kappa shape index (κ2) is 18.0. The predicted octanol–water partition coefficient (Wildman–Crippen LogP) is 3.74. The van der Waals surface area contributed by atoms with Crippen LogP contribution in [0.25, 0.3) is 0 Å². The van der Waals surface area contributed by atoms with Gasteiger partial charge in [0.1, 0.15) is 0 Å². The fraction of sp³-hybridized carbons (Fsp3) is 0.429. The molecule has 0 aliphatic rings. The summed E-state index contributed by atoms with van der Waals surface area (Å²) in [4.78, 5) is 25.8. The zero-order valence-electron chi connectivity index (χ0n) is 22.9. The Kier molecular flexibility index (Phi) is 13.9. The maximum atomic E-state index is 12.3. The second-order valence-electron chi connectivity index (χ2n) is 8.93. The Morgan fingerprint density at radius 3 is 2.17 bits per heavy atom. The predicted molar refractivity (Wildman–Crippen MR) is 159 cm³/mol. The van der Waals surface area contributed by atoms with E-state index in [0.717, 1.165) is 36.2 Å². The van der Waals surface area contributed by atoms with E-state index in [1.807, 2.05) is 48.5 Å². The molecule has 3 aromatic rings. The summed E-state index contributed by atoms with van der Waals surface area (Å²) in [6.45, 7) is 6.29. The van der Waals surface area contributed by atoms with Gasteiger partial charge in [0.2, 0.25) is 23.8 Å². The summed E-state index contributed by atoms with van der Waals surface area (Å²) in [7, 11) is 0. The number of nitrogens with one attached hydrogen (secondary N) is 4. The van der Waals surface area contributed by atoms with Crippen molar-refractivity contribution in [2.24, 2.45) is 5.73 Å². The van der Waals surface area contributed by atoms with Crippen LogP contribution in [-0.2, 0) is 27.2 Å². The number of rotatable bonds is 19. The fourth-order valence-corrected chi connectivity index (χ4v) is 3.63. The number of amides is 1. The lowest BCUT2D eigenvalue weighted by molar-refractivity contribution is -0.120. The van der Waals surface area contributed by atoms with Crippen LogP contribution in [0.5, 0.6) is 0 Å². The maximum absolute atomic E-state index is 12.3. The van der Waals surface area contributed by atoms with E-state index in [1.165, 1.54) is 0 Å². The quantitative estimate of drug-likeness (QED) is 0.135. The molecule has 216 valence electrons. The lowest BCUT2D eigenvalue weighted by Crippen LogP contribution is -2.29. The molecule has 0 bridgehead atoms. The van der Waals surface area contributed by atoms with Gasteiger partial charge in [0, 0.05) is 36.9 Å². The highest BCUT2D eigenvalue weighted by Gasteiger charge is 2.09.